The molecule has 25 heavy (non-hydrogen) atoms. The van der Waals surface area contributed by atoms with Crippen LogP contribution in [0.2, 0.25) is 0 Å². The minimum absolute atomic E-state index is 0.191. The molecule has 3 heterocycles. The number of benzene rings is 1. The topological polar surface area (TPSA) is 72.4 Å². The first-order valence-corrected chi connectivity index (χ1v) is 9.40. The van der Waals surface area contributed by atoms with E-state index in [0.717, 1.165) is 16.6 Å². The minimum Gasteiger partial charge on any atom is -0.495 e. The number of aromatic nitrogens is 2. The van der Waals surface area contributed by atoms with Crippen molar-refractivity contribution >= 4 is 21.1 Å². The van der Waals surface area contributed by atoms with Gasteiger partial charge in [0.05, 0.1) is 7.11 Å². The average Bonchev–Trinajstić information content (AvgIpc) is 2.65. The molecule has 3 aromatic rings. The van der Waals surface area contributed by atoms with E-state index in [1.807, 2.05) is 18.2 Å². The van der Waals surface area contributed by atoms with Crippen molar-refractivity contribution in [2.75, 3.05) is 13.7 Å². The van der Waals surface area contributed by atoms with E-state index in [0.29, 0.717) is 30.9 Å². The second-order valence-corrected chi connectivity index (χ2v) is 7.79. The van der Waals surface area contributed by atoms with Crippen molar-refractivity contribution in [3.05, 3.63) is 59.9 Å². The molecule has 128 valence electrons. The first kappa shape index (κ1) is 16.0. The largest absolute Gasteiger partial charge is 0.495 e. The molecule has 0 bridgehead atoms. The minimum atomic E-state index is -3.64. The molecule has 0 amide bonds. The fourth-order valence-corrected chi connectivity index (χ4v) is 4.69. The van der Waals surface area contributed by atoms with Gasteiger partial charge in [-0.1, -0.05) is 12.1 Å². The maximum atomic E-state index is 13.1. The highest BCUT2D eigenvalue weighted by molar-refractivity contribution is 7.89. The highest BCUT2D eigenvalue weighted by Gasteiger charge is 2.31. The first-order chi connectivity index (χ1) is 12.1. The summed E-state index contributed by atoms with van der Waals surface area (Å²) in [5, 5.41) is 0.915. The predicted octanol–water partition coefficient (Wildman–Crippen LogP) is 2.39. The lowest BCUT2D eigenvalue weighted by atomic mass is 10.1. The van der Waals surface area contributed by atoms with Gasteiger partial charge in [0.2, 0.25) is 10.0 Å². The molecular weight excluding hydrogens is 338 g/mol. The van der Waals surface area contributed by atoms with Crippen LogP contribution in [0.4, 0.5) is 0 Å². The summed E-state index contributed by atoms with van der Waals surface area (Å²) in [6, 6.07) is 12.5. The molecule has 0 atom stereocenters. The number of ether oxygens (including phenoxy) is 1. The van der Waals surface area contributed by atoms with Crippen LogP contribution in [-0.4, -0.2) is 36.3 Å². The van der Waals surface area contributed by atoms with E-state index in [9.17, 15) is 8.42 Å². The van der Waals surface area contributed by atoms with Gasteiger partial charge in [0.25, 0.3) is 0 Å². The highest BCUT2D eigenvalue weighted by Crippen LogP contribution is 2.30. The van der Waals surface area contributed by atoms with Crippen molar-refractivity contribution < 1.29 is 13.2 Å². The van der Waals surface area contributed by atoms with E-state index in [2.05, 4.69) is 9.97 Å². The molecule has 7 heteroatoms. The Labute approximate surface area is 146 Å². The Balaban J connectivity index is 1.73. The van der Waals surface area contributed by atoms with Crippen LogP contribution in [0.3, 0.4) is 0 Å². The summed E-state index contributed by atoms with van der Waals surface area (Å²) in [5.74, 6) is 0.356. The summed E-state index contributed by atoms with van der Waals surface area (Å²) in [7, 11) is -2.16. The van der Waals surface area contributed by atoms with Gasteiger partial charge in [0, 0.05) is 36.8 Å². The lowest BCUT2D eigenvalue weighted by Crippen LogP contribution is -2.36. The molecule has 4 rings (SSSR count). The molecule has 1 aliphatic rings. The van der Waals surface area contributed by atoms with E-state index < -0.39 is 10.0 Å². The van der Waals surface area contributed by atoms with Gasteiger partial charge >= 0.3 is 0 Å². The van der Waals surface area contributed by atoms with Gasteiger partial charge in [-0.3, -0.25) is 0 Å². The molecule has 2 aromatic heterocycles. The third-order valence-electron chi connectivity index (χ3n) is 4.39. The summed E-state index contributed by atoms with van der Waals surface area (Å²) in [4.78, 5) is 9.04. The van der Waals surface area contributed by atoms with Crippen LogP contribution in [0.15, 0.2) is 53.6 Å². The van der Waals surface area contributed by atoms with Crippen LogP contribution in [0.5, 0.6) is 5.75 Å². The van der Waals surface area contributed by atoms with E-state index in [1.54, 1.807) is 30.5 Å². The fraction of sp³-hybridized carbons (Fsp3) is 0.222. The van der Waals surface area contributed by atoms with E-state index in [-0.39, 0.29) is 4.90 Å². The number of para-hydroxylation sites is 1. The Kier molecular flexibility index (Phi) is 3.89. The monoisotopic (exact) mass is 355 g/mol. The summed E-state index contributed by atoms with van der Waals surface area (Å²) < 4.78 is 32.8. The Morgan fingerprint density at radius 3 is 2.84 bits per heavy atom. The maximum Gasteiger partial charge on any atom is 0.247 e. The number of nitrogens with zero attached hydrogens (tertiary/aromatic N) is 3. The third kappa shape index (κ3) is 2.75. The Morgan fingerprint density at radius 2 is 2.00 bits per heavy atom. The molecule has 0 fully saturated rings. The number of methoxy groups -OCH3 is 1. The summed E-state index contributed by atoms with van der Waals surface area (Å²) in [6.45, 7) is 0.687. The maximum absolute atomic E-state index is 13.1. The second kappa shape index (κ2) is 6.09. The molecule has 0 aliphatic carbocycles. The van der Waals surface area contributed by atoms with Crippen LogP contribution in [0.25, 0.3) is 11.0 Å². The molecule has 0 N–H and O–H groups in total. The molecular formula is C18H17N3O3S. The lowest BCUT2D eigenvalue weighted by Gasteiger charge is -2.28. The molecule has 6 nitrogen and oxygen atoms in total. The highest BCUT2D eigenvalue weighted by atomic mass is 32.2. The molecule has 0 saturated heterocycles. The standard InChI is InChI=1S/C18H17N3O3S/c1-24-16-6-2-3-7-17(16)25(22,23)21-10-8-15-14(12-21)11-13-5-4-9-19-18(13)20-15/h2-7,9,11H,8,10,12H2,1H3. The van der Waals surface area contributed by atoms with Crippen molar-refractivity contribution in [2.24, 2.45) is 0 Å². The van der Waals surface area contributed by atoms with Gasteiger partial charge in [0.1, 0.15) is 10.6 Å². The van der Waals surface area contributed by atoms with Gasteiger partial charge < -0.3 is 4.74 Å². The molecule has 0 spiro atoms. The van der Waals surface area contributed by atoms with Gasteiger partial charge in [-0.05, 0) is 35.9 Å². The van der Waals surface area contributed by atoms with Gasteiger partial charge in [-0.25, -0.2) is 18.4 Å². The number of fused-ring (bicyclic) bond motifs is 2. The number of pyridine rings is 2. The van der Waals surface area contributed by atoms with Crippen LogP contribution in [-0.2, 0) is 23.0 Å². The Hall–Kier alpha value is -2.51. The van der Waals surface area contributed by atoms with E-state index in [4.69, 9.17) is 4.74 Å². The SMILES string of the molecule is COc1ccccc1S(=O)(=O)N1CCc2nc3ncccc3cc2C1. The Bertz CT molecular complexity index is 1050. The molecule has 0 saturated carbocycles. The van der Waals surface area contributed by atoms with Crippen LogP contribution in [0, 0.1) is 0 Å². The second-order valence-electron chi connectivity index (χ2n) is 5.88. The number of sulfonamides is 1. The van der Waals surface area contributed by atoms with Crippen molar-refractivity contribution in [1.29, 1.82) is 0 Å². The molecule has 0 radical (unpaired) electrons. The number of rotatable bonds is 3. The van der Waals surface area contributed by atoms with E-state index in [1.165, 1.54) is 11.4 Å². The summed E-state index contributed by atoms with van der Waals surface area (Å²) in [6.07, 6.45) is 2.28. The number of hydrogen-bond donors (Lipinski definition) is 0. The predicted molar refractivity (Wildman–Crippen MR) is 93.8 cm³/mol. The quantitative estimate of drug-likeness (QED) is 0.721. The van der Waals surface area contributed by atoms with Gasteiger partial charge in [-0.15, -0.1) is 0 Å². The normalized spacial score (nSPS) is 15.1. The van der Waals surface area contributed by atoms with Crippen LogP contribution < -0.4 is 4.74 Å². The zero-order chi connectivity index (χ0) is 17.4. The molecule has 1 aliphatic heterocycles. The average molecular weight is 355 g/mol. The van der Waals surface area contributed by atoms with Gasteiger partial charge in [0.15, 0.2) is 5.65 Å². The fourth-order valence-electron chi connectivity index (χ4n) is 3.12. The third-order valence-corrected chi connectivity index (χ3v) is 6.27. The zero-order valence-corrected chi connectivity index (χ0v) is 14.5. The first-order valence-electron chi connectivity index (χ1n) is 7.96. The lowest BCUT2D eigenvalue weighted by molar-refractivity contribution is 0.376. The van der Waals surface area contributed by atoms with Crippen LogP contribution >= 0.6 is 0 Å². The number of hydrogen-bond acceptors (Lipinski definition) is 5. The van der Waals surface area contributed by atoms with Crippen molar-refractivity contribution in [1.82, 2.24) is 14.3 Å². The summed E-state index contributed by atoms with van der Waals surface area (Å²) in [5.41, 5.74) is 2.53. The van der Waals surface area contributed by atoms with Crippen molar-refractivity contribution in [3.8, 4) is 5.75 Å². The van der Waals surface area contributed by atoms with Gasteiger partial charge in [-0.2, -0.15) is 4.31 Å². The molecule has 1 aromatic carbocycles. The van der Waals surface area contributed by atoms with E-state index >= 15 is 0 Å². The van der Waals surface area contributed by atoms with Crippen molar-refractivity contribution in [3.63, 3.8) is 0 Å². The van der Waals surface area contributed by atoms with Crippen molar-refractivity contribution in [2.45, 2.75) is 17.9 Å². The zero-order valence-electron chi connectivity index (χ0n) is 13.7. The Morgan fingerprint density at radius 1 is 1.16 bits per heavy atom. The van der Waals surface area contributed by atoms with Crippen LogP contribution in [0.1, 0.15) is 11.3 Å². The summed E-state index contributed by atoms with van der Waals surface area (Å²) >= 11 is 0. The molecule has 0 unspecified atom stereocenters. The smallest absolute Gasteiger partial charge is 0.247 e.